The van der Waals surface area contributed by atoms with Crippen molar-refractivity contribution in [3.8, 4) is 0 Å². The van der Waals surface area contributed by atoms with Crippen LogP contribution in [0.2, 0.25) is 0 Å². The number of hydrogen-bond donors (Lipinski definition) is 2. The van der Waals surface area contributed by atoms with E-state index >= 15 is 0 Å². The molecular formula is C13H21N3O2S3. The monoisotopic (exact) mass is 347 g/mol. The molecule has 3 N–H and O–H groups in total. The van der Waals surface area contributed by atoms with E-state index in [1.54, 1.807) is 24.1 Å². The predicted octanol–water partition coefficient (Wildman–Crippen LogP) is 2.19. The number of nitrogens with one attached hydrogen (secondary N) is 1. The van der Waals surface area contributed by atoms with Gasteiger partial charge in [-0.25, -0.2) is 17.9 Å². The summed E-state index contributed by atoms with van der Waals surface area (Å²) in [6, 6.07) is 1.81. The van der Waals surface area contributed by atoms with E-state index in [2.05, 4.69) is 30.0 Å². The Morgan fingerprint density at radius 3 is 2.90 bits per heavy atom. The second-order valence-electron chi connectivity index (χ2n) is 5.43. The fourth-order valence-electron chi connectivity index (χ4n) is 2.20. The number of sulfonamides is 1. The van der Waals surface area contributed by atoms with Gasteiger partial charge in [-0.2, -0.15) is 0 Å². The van der Waals surface area contributed by atoms with Crippen molar-refractivity contribution in [3.05, 3.63) is 24.3 Å². The third-order valence-corrected chi connectivity index (χ3v) is 6.83. The summed E-state index contributed by atoms with van der Waals surface area (Å²) in [4.78, 5) is 0. The molecule has 118 valence electrons. The van der Waals surface area contributed by atoms with E-state index < -0.39 is 10.0 Å². The number of rotatable bonds is 6. The summed E-state index contributed by atoms with van der Waals surface area (Å²) < 4.78 is 26.6. The number of nitrogens with two attached hydrogens (primary N) is 1. The molecule has 0 radical (unpaired) electrons. The molecule has 0 unspecified atom stereocenters. The smallest absolute Gasteiger partial charge is 0.247 e. The maximum absolute atomic E-state index is 11.6. The van der Waals surface area contributed by atoms with E-state index in [9.17, 15) is 8.42 Å². The van der Waals surface area contributed by atoms with Crippen LogP contribution in [0, 0.1) is 5.92 Å². The average Bonchev–Trinajstić information content (AvgIpc) is 2.78. The Kier molecular flexibility index (Phi) is 5.50. The van der Waals surface area contributed by atoms with Crippen LogP contribution in [0.4, 0.5) is 0 Å². The van der Waals surface area contributed by atoms with Crippen molar-refractivity contribution in [2.24, 2.45) is 11.1 Å². The maximum Gasteiger partial charge on any atom is 0.247 e. The standard InChI is InChI=1S/C13H21N3O2S3/c1-4-5-15-11-8-16(7-9(2)3)20-13-10(11)6-12(19-13)21(14,17)18/h4,6,9,11,15H,1,5,7-8H2,2-3H3,(H2,14,17,18)/t11-/m0/s1. The lowest BCUT2D eigenvalue weighted by Gasteiger charge is -2.32. The first-order chi connectivity index (χ1) is 9.81. The highest BCUT2D eigenvalue weighted by molar-refractivity contribution is 7.99. The molecule has 1 atom stereocenters. The highest BCUT2D eigenvalue weighted by Gasteiger charge is 2.30. The molecule has 0 aliphatic carbocycles. The lowest BCUT2D eigenvalue weighted by atomic mass is 10.1. The van der Waals surface area contributed by atoms with Gasteiger partial charge in [0.1, 0.15) is 4.21 Å². The van der Waals surface area contributed by atoms with Gasteiger partial charge in [0.05, 0.1) is 4.21 Å². The summed E-state index contributed by atoms with van der Waals surface area (Å²) in [5.74, 6) is 0.553. The first-order valence-electron chi connectivity index (χ1n) is 6.75. The van der Waals surface area contributed by atoms with Gasteiger partial charge in [-0.3, -0.25) is 0 Å². The normalized spacial score (nSPS) is 19.7. The molecule has 1 aliphatic heterocycles. The van der Waals surface area contributed by atoms with Gasteiger partial charge in [0.2, 0.25) is 10.0 Å². The highest BCUT2D eigenvalue weighted by Crippen LogP contribution is 2.43. The summed E-state index contributed by atoms with van der Waals surface area (Å²) in [6.07, 6.45) is 1.81. The van der Waals surface area contributed by atoms with Crippen LogP contribution in [0.5, 0.6) is 0 Å². The van der Waals surface area contributed by atoms with Gasteiger partial charge >= 0.3 is 0 Å². The molecule has 0 amide bonds. The number of nitrogens with zero attached hydrogens (tertiary/aromatic N) is 1. The molecule has 0 aromatic carbocycles. The zero-order valence-corrected chi connectivity index (χ0v) is 14.7. The van der Waals surface area contributed by atoms with E-state index in [0.29, 0.717) is 12.5 Å². The quantitative estimate of drug-likeness (QED) is 0.609. The Bertz CT molecular complexity index is 610. The van der Waals surface area contributed by atoms with E-state index in [0.717, 1.165) is 22.9 Å². The third kappa shape index (κ3) is 4.30. The number of fused-ring (bicyclic) bond motifs is 1. The van der Waals surface area contributed by atoms with Crippen LogP contribution in [0.25, 0.3) is 0 Å². The minimum atomic E-state index is -3.64. The van der Waals surface area contributed by atoms with Crippen LogP contribution in [0.1, 0.15) is 25.5 Å². The lowest BCUT2D eigenvalue weighted by Crippen LogP contribution is -2.36. The molecule has 1 aromatic rings. The van der Waals surface area contributed by atoms with Crippen molar-refractivity contribution >= 4 is 33.3 Å². The Morgan fingerprint density at radius 1 is 1.62 bits per heavy atom. The second kappa shape index (κ2) is 6.80. The van der Waals surface area contributed by atoms with Crippen molar-refractivity contribution < 1.29 is 8.42 Å². The largest absolute Gasteiger partial charge is 0.305 e. The molecule has 1 aromatic heterocycles. The molecular weight excluding hydrogens is 326 g/mol. The van der Waals surface area contributed by atoms with E-state index in [1.807, 2.05) is 0 Å². The zero-order chi connectivity index (χ0) is 15.6. The Morgan fingerprint density at radius 2 is 2.33 bits per heavy atom. The van der Waals surface area contributed by atoms with Gasteiger partial charge in [-0.1, -0.05) is 19.9 Å². The zero-order valence-electron chi connectivity index (χ0n) is 12.2. The molecule has 0 spiro atoms. The van der Waals surface area contributed by atoms with Crippen molar-refractivity contribution in [1.29, 1.82) is 0 Å². The molecule has 2 heterocycles. The number of hydrogen-bond acceptors (Lipinski definition) is 6. The van der Waals surface area contributed by atoms with Crippen molar-refractivity contribution in [2.75, 3.05) is 19.6 Å². The van der Waals surface area contributed by atoms with E-state index in [4.69, 9.17) is 5.14 Å². The molecule has 5 nitrogen and oxygen atoms in total. The molecule has 21 heavy (non-hydrogen) atoms. The highest BCUT2D eigenvalue weighted by atomic mass is 32.3. The van der Waals surface area contributed by atoms with Gasteiger partial charge in [0, 0.05) is 25.7 Å². The van der Waals surface area contributed by atoms with Gasteiger partial charge in [0.15, 0.2) is 0 Å². The maximum atomic E-state index is 11.6. The minimum absolute atomic E-state index is 0.102. The Labute approximate surface area is 134 Å². The SMILES string of the molecule is C=CCN[C@H]1CN(CC(C)C)Sc2sc(S(N)(=O)=O)cc21. The minimum Gasteiger partial charge on any atom is -0.305 e. The van der Waals surface area contributed by atoms with Crippen LogP contribution in [-0.4, -0.2) is 32.4 Å². The summed E-state index contributed by atoms with van der Waals surface area (Å²) in [7, 11) is -3.64. The fraction of sp³-hybridized carbons (Fsp3) is 0.538. The predicted molar refractivity (Wildman–Crippen MR) is 88.9 cm³/mol. The summed E-state index contributed by atoms with van der Waals surface area (Å²) >= 11 is 2.88. The van der Waals surface area contributed by atoms with Crippen LogP contribution in [0.3, 0.4) is 0 Å². The van der Waals surface area contributed by atoms with Crippen LogP contribution >= 0.6 is 23.3 Å². The van der Waals surface area contributed by atoms with Crippen molar-refractivity contribution in [2.45, 2.75) is 28.3 Å². The average molecular weight is 348 g/mol. The summed E-state index contributed by atoms with van der Waals surface area (Å²) in [5.41, 5.74) is 1.02. The fourth-order valence-corrected chi connectivity index (χ4v) is 5.92. The molecule has 0 saturated heterocycles. The van der Waals surface area contributed by atoms with Crippen LogP contribution in [-0.2, 0) is 10.0 Å². The van der Waals surface area contributed by atoms with Crippen LogP contribution in [0.15, 0.2) is 27.1 Å². The molecule has 2 rings (SSSR count). The Hall–Kier alpha value is -0.380. The molecule has 8 heteroatoms. The molecule has 0 saturated carbocycles. The number of primary sulfonamides is 1. The van der Waals surface area contributed by atoms with Gasteiger partial charge < -0.3 is 5.32 Å². The van der Waals surface area contributed by atoms with Gasteiger partial charge in [-0.05, 0) is 29.5 Å². The molecule has 0 fully saturated rings. The molecule has 0 bridgehead atoms. The first-order valence-corrected chi connectivity index (χ1v) is 9.88. The van der Waals surface area contributed by atoms with E-state index in [-0.39, 0.29) is 10.3 Å². The topological polar surface area (TPSA) is 75.4 Å². The van der Waals surface area contributed by atoms with Gasteiger partial charge in [-0.15, -0.1) is 17.9 Å². The van der Waals surface area contributed by atoms with E-state index in [1.165, 1.54) is 11.3 Å². The van der Waals surface area contributed by atoms with Crippen molar-refractivity contribution in [1.82, 2.24) is 9.62 Å². The van der Waals surface area contributed by atoms with Gasteiger partial charge in [0.25, 0.3) is 0 Å². The van der Waals surface area contributed by atoms with Crippen molar-refractivity contribution in [3.63, 3.8) is 0 Å². The first kappa shape index (κ1) is 17.0. The van der Waals surface area contributed by atoms with Crippen LogP contribution < -0.4 is 10.5 Å². The summed E-state index contributed by atoms with van der Waals surface area (Å²) in [5, 5.41) is 8.65. The molecule has 1 aliphatic rings. The number of thiophene rings is 1. The third-order valence-electron chi connectivity index (χ3n) is 3.03. The Balaban J connectivity index is 2.30. The second-order valence-corrected chi connectivity index (χ2v) is 9.64. The summed E-state index contributed by atoms with van der Waals surface area (Å²) in [6.45, 7) is 10.5. The lowest BCUT2D eigenvalue weighted by molar-refractivity contribution is 0.350.